The van der Waals surface area contributed by atoms with E-state index in [0.717, 1.165) is 12.8 Å². The van der Waals surface area contributed by atoms with E-state index in [-0.39, 0.29) is 70.7 Å². The lowest BCUT2D eigenvalue weighted by atomic mass is 9.93. The van der Waals surface area contributed by atoms with Crippen LogP contribution in [0.15, 0.2) is 53.6 Å². The standard InChI is InChI=1S/C35H43ClF3N5O7S/c1-32(2,3)51-31(46)43-22-23(21-33(43,4)5)8-7-18-49-24-9-6-10-25(20-24)52(47,48)42-30(45)26-11-12-27(40-29(26)36)44-17-13-28(41-44)50-19-16-34(14-15-34)35(37,38)39/h6,9-13,17,20,23H,7-8,14-16,18-19,21-22H2,1-5H3,(H,42,45)/t23-/m0/s1. The minimum Gasteiger partial charge on any atom is -0.494 e. The molecule has 1 saturated carbocycles. The molecule has 1 saturated heterocycles. The molecule has 17 heteroatoms. The smallest absolute Gasteiger partial charge is 0.410 e. The predicted octanol–water partition coefficient (Wildman–Crippen LogP) is 7.35. The van der Waals surface area contributed by atoms with Crippen molar-refractivity contribution in [3.8, 4) is 17.4 Å². The van der Waals surface area contributed by atoms with E-state index in [4.69, 9.17) is 25.8 Å². The van der Waals surface area contributed by atoms with Gasteiger partial charge in [-0.1, -0.05) is 17.7 Å². The topological polar surface area (TPSA) is 142 Å². The Bertz CT molecular complexity index is 1890. The number of sulfonamides is 1. The fourth-order valence-electron chi connectivity index (χ4n) is 6.16. The van der Waals surface area contributed by atoms with Crippen LogP contribution in [0.3, 0.4) is 0 Å². The van der Waals surface area contributed by atoms with Gasteiger partial charge in [0.15, 0.2) is 5.82 Å². The van der Waals surface area contributed by atoms with Gasteiger partial charge in [0.25, 0.3) is 15.9 Å². The number of benzene rings is 1. The normalized spacial score (nSPS) is 18.2. The molecule has 0 unspecified atom stereocenters. The Balaban J connectivity index is 1.11. The third kappa shape index (κ3) is 9.48. The van der Waals surface area contributed by atoms with Gasteiger partial charge in [-0.2, -0.15) is 13.2 Å². The molecule has 1 aromatic carbocycles. The molecule has 3 aromatic rings. The Morgan fingerprint density at radius 1 is 1.06 bits per heavy atom. The second-order valence-corrected chi connectivity index (χ2v) is 16.9. The molecule has 12 nitrogen and oxygen atoms in total. The van der Waals surface area contributed by atoms with Crippen molar-refractivity contribution < 1.29 is 45.4 Å². The van der Waals surface area contributed by atoms with Gasteiger partial charge in [0, 0.05) is 30.4 Å². The molecule has 1 atom stereocenters. The molecule has 52 heavy (non-hydrogen) atoms. The second kappa shape index (κ2) is 14.8. The molecule has 0 bridgehead atoms. The lowest BCUT2D eigenvalue weighted by molar-refractivity contribution is -0.190. The highest BCUT2D eigenvalue weighted by Crippen LogP contribution is 2.59. The Morgan fingerprint density at radius 3 is 2.44 bits per heavy atom. The zero-order valence-corrected chi connectivity index (χ0v) is 31.2. The van der Waals surface area contributed by atoms with Crippen molar-refractivity contribution in [2.24, 2.45) is 11.3 Å². The fourth-order valence-corrected chi connectivity index (χ4v) is 7.39. The summed E-state index contributed by atoms with van der Waals surface area (Å²) in [5.74, 6) is -0.210. The van der Waals surface area contributed by atoms with Crippen LogP contribution in [0.25, 0.3) is 5.82 Å². The maximum absolute atomic E-state index is 13.2. The highest BCUT2D eigenvalue weighted by atomic mass is 35.5. The average molecular weight is 770 g/mol. The van der Waals surface area contributed by atoms with Gasteiger partial charge in [-0.15, -0.1) is 5.10 Å². The Hall–Kier alpha value is -4.05. The Labute approximate surface area is 306 Å². The van der Waals surface area contributed by atoms with Gasteiger partial charge in [-0.3, -0.25) is 4.79 Å². The number of nitrogens with one attached hydrogen (secondary N) is 1. The van der Waals surface area contributed by atoms with Crippen molar-refractivity contribution in [2.75, 3.05) is 19.8 Å². The van der Waals surface area contributed by atoms with Gasteiger partial charge in [-0.25, -0.2) is 27.6 Å². The van der Waals surface area contributed by atoms with E-state index in [1.54, 1.807) is 11.0 Å². The summed E-state index contributed by atoms with van der Waals surface area (Å²) in [6.45, 7) is 10.3. The number of alkyl halides is 3. The second-order valence-electron chi connectivity index (χ2n) is 14.9. The molecular formula is C35H43ClF3N5O7S. The fraction of sp³-hybridized carbons (Fsp3) is 0.543. The van der Waals surface area contributed by atoms with Crippen molar-refractivity contribution >= 4 is 33.6 Å². The molecule has 0 spiro atoms. The number of halogens is 4. The third-order valence-electron chi connectivity index (χ3n) is 9.11. The molecule has 1 aliphatic heterocycles. The SMILES string of the molecule is CC(C)(C)OC(=O)N1C[C@@H](CCCOc2cccc(S(=O)(=O)NC(=O)c3ccc(-n4ccc(OCCC5(C(F)(F)F)CC5)n4)nc3Cl)c2)CC1(C)C. The number of ether oxygens (including phenoxy) is 3. The van der Waals surface area contributed by atoms with Gasteiger partial charge < -0.3 is 19.1 Å². The number of likely N-dealkylation sites (tertiary alicyclic amines) is 1. The van der Waals surface area contributed by atoms with Gasteiger partial charge in [-0.05, 0) is 103 Å². The summed E-state index contributed by atoms with van der Waals surface area (Å²) in [6, 6.07) is 9.85. The number of amides is 2. The number of carbonyl (C=O) groups is 2. The van der Waals surface area contributed by atoms with E-state index in [0.29, 0.717) is 25.3 Å². The van der Waals surface area contributed by atoms with Crippen LogP contribution in [0.5, 0.6) is 11.6 Å². The number of nitrogens with zero attached hydrogens (tertiary/aromatic N) is 4. The molecule has 284 valence electrons. The lowest BCUT2D eigenvalue weighted by Gasteiger charge is -2.33. The first-order valence-electron chi connectivity index (χ1n) is 16.9. The van der Waals surface area contributed by atoms with Crippen LogP contribution in [0.1, 0.15) is 83.5 Å². The summed E-state index contributed by atoms with van der Waals surface area (Å²) < 4.78 is 85.8. The van der Waals surface area contributed by atoms with Crippen LogP contribution in [-0.2, 0) is 14.8 Å². The summed E-state index contributed by atoms with van der Waals surface area (Å²) in [5, 5.41) is 3.84. The zero-order chi connectivity index (χ0) is 38.1. The van der Waals surface area contributed by atoms with Crippen molar-refractivity contribution in [2.45, 2.75) is 95.4 Å². The molecule has 5 rings (SSSR count). The summed E-state index contributed by atoms with van der Waals surface area (Å²) in [6.07, 6.45) is -0.861. The average Bonchev–Trinajstić information content (AvgIpc) is 3.58. The maximum atomic E-state index is 13.2. The minimum atomic E-state index is -4.33. The quantitative estimate of drug-likeness (QED) is 0.140. The van der Waals surface area contributed by atoms with Crippen LogP contribution >= 0.6 is 11.6 Å². The molecule has 1 N–H and O–H groups in total. The highest BCUT2D eigenvalue weighted by molar-refractivity contribution is 7.90. The largest absolute Gasteiger partial charge is 0.494 e. The Kier molecular flexibility index (Phi) is 11.1. The van der Waals surface area contributed by atoms with Crippen LogP contribution in [-0.4, -0.2) is 77.2 Å². The molecule has 2 aliphatic rings. The molecule has 3 heterocycles. The van der Waals surface area contributed by atoms with E-state index < -0.39 is 33.1 Å². The summed E-state index contributed by atoms with van der Waals surface area (Å²) in [4.78, 5) is 31.4. The first kappa shape index (κ1) is 39.2. The first-order chi connectivity index (χ1) is 24.2. The first-order valence-corrected chi connectivity index (χ1v) is 18.8. The molecular weight excluding hydrogens is 727 g/mol. The zero-order valence-electron chi connectivity index (χ0n) is 29.6. The van der Waals surface area contributed by atoms with Crippen molar-refractivity contribution in [3.63, 3.8) is 0 Å². The summed E-state index contributed by atoms with van der Waals surface area (Å²) in [7, 11) is -4.33. The third-order valence-corrected chi connectivity index (χ3v) is 10.7. The lowest BCUT2D eigenvalue weighted by Crippen LogP contribution is -2.45. The van der Waals surface area contributed by atoms with E-state index in [1.807, 2.05) is 39.3 Å². The number of pyridine rings is 1. The van der Waals surface area contributed by atoms with Gasteiger partial charge in [0.05, 0.1) is 29.1 Å². The molecule has 2 aromatic heterocycles. The Morgan fingerprint density at radius 2 is 1.79 bits per heavy atom. The van der Waals surface area contributed by atoms with Crippen LogP contribution in [0.4, 0.5) is 18.0 Å². The molecule has 2 fully saturated rings. The maximum Gasteiger partial charge on any atom is 0.410 e. The van der Waals surface area contributed by atoms with Gasteiger partial charge in [0.2, 0.25) is 5.88 Å². The van der Waals surface area contributed by atoms with E-state index in [2.05, 4.69) is 10.1 Å². The number of hydrogen-bond acceptors (Lipinski definition) is 9. The molecule has 0 radical (unpaired) electrons. The molecule has 2 amide bonds. The van der Waals surface area contributed by atoms with Crippen LogP contribution in [0.2, 0.25) is 5.15 Å². The summed E-state index contributed by atoms with van der Waals surface area (Å²) in [5.41, 5.74) is -2.82. The van der Waals surface area contributed by atoms with Gasteiger partial charge in [0.1, 0.15) is 16.5 Å². The van der Waals surface area contributed by atoms with Crippen LogP contribution in [0, 0.1) is 11.3 Å². The van der Waals surface area contributed by atoms with Crippen molar-refractivity contribution in [1.82, 2.24) is 24.4 Å². The predicted molar refractivity (Wildman–Crippen MR) is 185 cm³/mol. The number of hydrogen-bond donors (Lipinski definition) is 1. The van der Waals surface area contributed by atoms with Crippen molar-refractivity contribution in [3.05, 3.63) is 59.4 Å². The number of aromatic nitrogens is 3. The van der Waals surface area contributed by atoms with E-state index in [1.165, 1.54) is 47.3 Å². The van der Waals surface area contributed by atoms with Crippen molar-refractivity contribution in [1.29, 1.82) is 0 Å². The van der Waals surface area contributed by atoms with E-state index >= 15 is 0 Å². The minimum absolute atomic E-state index is 0.0824. The molecule has 1 aliphatic carbocycles. The number of carbonyl (C=O) groups excluding carboxylic acids is 2. The highest BCUT2D eigenvalue weighted by Gasteiger charge is 2.62. The monoisotopic (exact) mass is 769 g/mol. The number of rotatable bonds is 13. The summed E-state index contributed by atoms with van der Waals surface area (Å²) >= 11 is 6.26. The van der Waals surface area contributed by atoms with Crippen LogP contribution < -0.4 is 14.2 Å². The van der Waals surface area contributed by atoms with Gasteiger partial charge >= 0.3 is 12.3 Å². The van der Waals surface area contributed by atoms with E-state index in [9.17, 15) is 31.2 Å².